The summed E-state index contributed by atoms with van der Waals surface area (Å²) >= 11 is 0. The lowest BCUT2D eigenvalue weighted by Crippen LogP contribution is -2.01. The lowest BCUT2D eigenvalue weighted by Gasteiger charge is -2.10. The van der Waals surface area contributed by atoms with Gasteiger partial charge in [-0.25, -0.2) is 4.98 Å². The molecule has 0 aliphatic carbocycles. The maximum atomic E-state index is 9.07. The number of aromatic nitrogens is 2. The molecule has 6 heteroatoms. The van der Waals surface area contributed by atoms with Crippen molar-refractivity contribution in [3.8, 4) is 17.4 Å². The summed E-state index contributed by atoms with van der Waals surface area (Å²) in [5.74, 6) is 1.39. The molecule has 0 radical (unpaired) electrons. The van der Waals surface area contributed by atoms with E-state index in [2.05, 4.69) is 9.97 Å². The summed E-state index contributed by atoms with van der Waals surface area (Å²) < 4.78 is 10.8. The molecule has 0 saturated carbocycles. The van der Waals surface area contributed by atoms with Gasteiger partial charge in [-0.15, -0.1) is 0 Å². The summed E-state index contributed by atoms with van der Waals surface area (Å²) in [5.41, 5.74) is 6.88. The first-order chi connectivity index (χ1) is 9.26. The molecule has 1 aromatic carbocycles. The molecule has 0 saturated heterocycles. The molecule has 0 unspecified atom stereocenters. The van der Waals surface area contributed by atoms with Gasteiger partial charge in [0.05, 0.1) is 31.8 Å². The van der Waals surface area contributed by atoms with Crippen molar-refractivity contribution in [2.24, 2.45) is 5.73 Å². The minimum absolute atomic E-state index is 0.0539. The molecule has 0 aliphatic heterocycles. The Hall–Kier alpha value is -2.18. The zero-order valence-corrected chi connectivity index (χ0v) is 10.5. The molecular formula is C13H15N3O3. The van der Waals surface area contributed by atoms with Crippen LogP contribution < -0.4 is 15.2 Å². The van der Waals surface area contributed by atoms with Crippen LogP contribution in [0.15, 0.2) is 30.6 Å². The van der Waals surface area contributed by atoms with Gasteiger partial charge in [0, 0.05) is 6.54 Å². The fourth-order valence-electron chi connectivity index (χ4n) is 1.51. The minimum Gasteiger partial charge on any atom is -0.493 e. The molecule has 0 atom stereocenters. The highest BCUT2D eigenvalue weighted by molar-refractivity contribution is 5.44. The predicted octanol–water partition coefficient (Wildman–Crippen LogP) is 1.23. The van der Waals surface area contributed by atoms with Crippen molar-refractivity contribution in [1.82, 2.24) is 9.97 Å². The molecule has 19 heavy (non-hydrogen) atoms. The Morgan fingerprint density at radius 1 is 1.21 bits per heavy atom. The number of rotatable bonds is 5. The quantitative estimate of drug-likeness (QED) is 0.841. The van der Waals surface area contributed by atoms with E-state index in [0.29, 0.717) is 29.6 Å². The lowest BCUT2D eigenvalue weighted by molar-refractivity contribution is 0.280. The summed E-state index contributed by atoms with van der Waals surface area (Å²) in [6.07, 6.45) is 3.06. The van der Waals surface area contributed by atoms with Crippen LogP contribution in [0.4, 0.5) is 0 Å². The van der Waals surface area contributed by atoms with Crippen molar-refractivity contribution >= 4 is 0 Å². The molecule has 6 nitrogen and oxygen atoms in total. The second kappa shape index (κ2) is 6.12. The first-order valence-corrected chi connectivity index (χ1v) is 5.73. The average molecular weight is 261 g/mol. The Kier molecular flexibility index (Phi) is 4.27. The molecule has 3 N–H and O–H groups in total. The molecule has 100 valence electrons. The summed E-state index contributed by atoms with van der Waals surface area (Å²) in [5, 5.41) is 9.07. The van der Waals surface area contributed by atoms with Gasteiger partial charge < -0.3 is 20.3 Å². The summed E-state index contributed by atoms with van der Waals surface area (Å²) in [7, 11) is 1.53. The highest BCUT2D eigenvalue weighted by Crippen LogP contribution is 2.31. The molecular weight excluding hydrogens is 246 g/mol. The van der Waals surface area contributed by atoms with Crippen molar-refractivity contribution in [3.05, 3.63) is 41.9 Å². The second-order valence-corrected chi connectivity index (χ2v) is 3.80. The van der Waals surface area contributed by atoms with Gasteiger partial charge >= 0.3 is 0 Å². The molecule has 0 amide bonds. The second-order valence-electron chi connectivity index (χ2n) is 3.80. The van der Waals surface area contributed by atoms with E-state index in [1.807, 2.05) is 0 Å². The Bertz CT molecular complexity index is 543. The van der Waals surface area contributed by atoms with Crippen LogP contribution in [-0.2, 0) is 13.2 Å². The van der Waals surface area contributed by atoms with E-state index >= 15 is 0 Å². The zero-order valence-electron chi connectivity index (χ0n) is 10.5. The third-order valence-corrected chi connectivity index (χ3v) is 2.52. The molecule has 0 aliphatic rings. The van der Waals surface area contributed by atoms with Crippen LogP contribution in [-0.4, -0.2) is 22.2 Å². The molecule has 1 heterocycles. The van der Waals surface area contributed by atoms with Crippen LogP contribution in [0.1, 0.15) is 11.3 Å². The minimum atomic E-state index is -0.0539. The molecule has 0 fully saturated rings. The van der Waals surface area contributed by atoms with Crippen LogP contribution in [0.25, 0.3) is 0 Å². The topological polar surface area (TPSA) is 90.5 Å². The Labute approximate surface area is 110 Å². The number of hydrogen-bond acceptors (Lipinski definition) is 6. The SMILES string of the molecule is COc1cc(CO)ccc1Oc1cnc(CN)cn1. The van der Waals surface area contributed by atoms with Gasteiger partial charge in [0.15, 0.2) is 11.5 Å². The van der Waals surface area contributed by atoms with Gasteiger partial charge in [-0.3, -0.25) is 4.98 Å². The number of aliphatic hydroxyl groups is 1. The molecule has 2 rings (SSSR count). The summed E-state index contributed by atoms with van der Waals surface area (Å²) in [4.78, 5) is 8.18. The first kappa shape index (κ1) is 13.3. The van der Waals surface area contributed by atoms with Crippen molar-refractivity contribution < 1.29 is 14.6 Å². The van der Waals surface area contributed by atoms with Crippen molar-refractivity contribution in [2.75, 3.05) is 7.11 Å². The van der Waals surface area contributed by atoms with E-state index in [1.165, 1.54) is 13.3 Å². The Morgan fingerprint density at radius 2 is 2.05 bits per heavy atom. The normalized spacial score (nSPS) is 10.3. The number of ether oxygens (including phenoxy) is 2. The van der Waals surface area contributed by atoms with E-state index in [-0.39, 0.29) is 6.61 Å². The van der Waals surface area contributed by atoms with Crippen LogP contribution in [0.3, 0.4) is 0 Å². The monoisotopic (exact) mass is 261 g/mol. The van der Waals surface area contributed by atoms with Gasteiger partial charge in [0.2, 0.25) is 5.88 Å². The molecule has 1 aromatic heterocycles. The van der Waals surface area contributed by atoms with Crippen LogP contribution in [0.2, 0.25) is 0 Å². The van der Waals surface area contributed by atoms with Crippen LogP contribution >= 0.6 is 0 Å². The van der Waals surface area contributed by atoms with Gasteiger partial charge in [0.1, 0.15) is 0 Å². The molecule has 2 aromatic rings. The molecule has 0 spiro atoms. The maximum absolute atomic E-state index is 9.07. The van der Waals surface area contributed by atoms with Crippen molar-refractivity contribution in [1.29, 1.82) is 0 Å². The number of methoxy groups -OCH3 is 1. The largest absolute Gasteiger partial charge is 0.493 e. The molecule has 0 bridgehead atoms. The zero-order chi connectivity index (χ0) is 13.7. The predicted molar refractivity (Wildman–Crippen MR) is 68.9 cm³/mol. The van der Waals surface area contributed by atoms with Crippen LogP contribution in [0, 0.1) is 0 Å². The Balaban J connectivity index is 2.21. The van der Waals surface area contributed by atoms with Gasteiger partial charge in [-0.05, 0) is 17.7 Å². The number of benzene rings is 1. The number of aliphatic hydroxyl groups excluding tert-OH is 1. The highest BCUT2D eigenvalue weighted by Gasteiger charge is 2.08. The van der Waals surface area contributed by atoms with Crippen LogP contribution in [0.5, 0.6) is 17.4 Å². The standard InChI is InChI=1S/C13H15N3O3/c1-18-12-4-9(8-17)2-3-11(12)19-13-7-15-10(5-14)6-16-13/h2-4,6-7,17H,5,8,14H2,1H3. The summed E-state index contributed by atoms with van der Waals surface area (Å²) in [6.45, 7) is 0.281. The van der Waals surface area contributed by atoms with Gasteiger partial charge in [-0.1, -0.05) is 6.07 Å². The van der Waals surface area contributed by atoms with E-state index in [9.17, 15) is 0 Å². The fraction of sp³-hybridized carbons (Fsp3) is 0.231. The van der Waals surface area contributed by atoms with E-state index in [4.69, 9.17) is 20.3 Å². The van der Waals surface area contributed by atoms with E-state index < -0.39 is 0 Å². The smallest absolute Gasteiger partial charge is 0.238 e. The third kappa shape index (κ3) is 3.18. The summed E-state index contributed by atoms with van der Waals surface area (Å²) in [6, 6.07) is 5.17. The van der Waals surface area contributed by atoms with Crippen molar-refractivity contribution in [3.63, 3.8) is 0 Å². The number of nitrogens with two attached hydrogens (primary N) is 1. The third-order valence-electron chi connectivity index (χ3n) is 2.52. The van der Waals surface area contributed by atoms with Gasteiger partial charge in [0.25, 0.3) is 0 Å². The van der Waals surface area contributed by atoms with E-state index in [0.717, 1.165) is 5.56 Å². The average Bonchev–Trinajstić information content (AvgIpc) is 2.48. The van der Waals surface area contributed by atoms with Gasteiger partial charge in [-0.2, -0.15) is 0 Å². The van der Waals surface area contributed by atoms with Crippen molar-refractivity contribution in [2.45, 2.75) is 13.2 Å². The fourth-order valence-corrected chi connectivity index (χ4v) is 1.51. The lowest BCUT2D eigenvalue weighted by atomic mass is 10.2. The Morgan fingerprint density at radius 3 is 2.63 bits per heavy atom. The first-order valence-electron chi connectivity index (χ1n) is 5.73. The number of nitrogens with zero attached hydrogens (tertiary/aromatic N) is 2. The maximum Gasteiger partial charge on any atom is 0.238 e. The highest BCUT2D eigenvalue weighted by atomic mass is 16.5. The van der Waals surface area contributed by atoms with E-state index in [1.54, 1.807) is 24.4 Å². The number of hydrogen-bond donors (Lipinski definition) is 2.